The fourth-order valence-electron chi connectivity index (χ4n) is 3.72. The van der Waals surface area contributed by atoms with E-state index in [2.05, 4.69) is 12.2 Å². The van der Waals surface area contributed by atoms with Crippen molar-refractivity contribution in [3.63, 3.8) is 0 Å². The maximum Gasteiger partial charge on any atom is 0.407 e. The number of unbranched alkanes of at least 4 members (excludes halogenated alkanes) is 7. The molecule has 0 bridgehead atoms. The Balaban J connectivity index is 2.30. The third-order valence-corrected chi connectivity index (χ3v) is 5.67. The average Bonchev–Trinajstić information content (AvgIpc) is 2.71. The summed E-state index contributed by atoms with van der Waals surface area (Å²) < 4.78 is 10.6. The first-order chi connectivity index (χ1) is 13.7. The van der Waals surface area contributed by atoms with Gasteiger partial charge in [-0.2, -0.15) is 0 Å². The van der Waals surface area contributed by atoms with Gasteiger partial charge in [0.2, 0.25) is 0 Å². The van der Waals surface area contributed by atoms with Gasteiger partial charge in [-0.1, -0.05) is 71.1 Å². The highest BCUT2D eigenvalue weighted by atomic mass is 35.5. The molecule has 1 fully saturated rings. The van der Waals surface area contributed by atoms with Crippen LogP contribution in [0.15, 0.2) is 0 Å². The van der Waals surface area contributed by atoms with E-state index in [0.29, 0.717) is 18.9 Å². The van der Waals surface area contributed by atoms with Crippen molar-refractivity contribution >= 4 is 23.7 Å². The summed E-state index contributed by atoms with van der Waals surface area (Å²) >= 11 is 5.60. The monoisotopic (exact) mass is 417 g/mol. The lowest BCUT2D eigenvalue weighted by molar-refractivity contribution is -0.148. The van der Waals surface area contributed by atoms with Crippen LogP contribution in [0.4, 0.5) is 4.79 Å². The molecule has 1 N–H and O–H groups in total. The summed E-state index contributed by atoms with van der Waals surface area (Å²) in [5.41, 5.74) is 0. The number of amides is 1. The molecule has 1 rings (SSSR count). The predicted molar refractivity (Wildman–Crippen MR) is 114 cm³/mol. The van der Waals surface area contributed by atoms with Crippen molar-refractivity contribution in [1.82, 2.24) is 5.32 Å². The van der Waals surface area contributed by atoms with Gasteiger partial charge in [0.05, 0.1) is 13.2 Å². The van der Waals surface area contributed by atoms with Gasteiger partial charge in [-0.3, -0.25) is 0 Å². The van der Waals surface area contributed by atoms with Gasteiger partial charge < -0.3 is 14.8 Å². The zero-order valence-electron chi connectivity index (χ0n) is 17.7. The Bertz CT molecular complexity index is 413. The molecule has 28 heavy (non-hydrogen) atoms. The molecule has 1 amide bonds. The fourth-order valence-corrected chi connectivity index (χ4v) is 3.83. The Morgan fingerprint density at radius 3 is 2.14 bits per heavy atom. The van der Waals surface area contributed by atoms with Crippen LogP contribution in [-0.2, 0) is 14.3 Å². The number of hydrogen-bond acceptors (Lipinski definition) is 4. The van der Waals surface area contributed by atoms with E-state index in [0.717, 1.165) is 38.5 Å². The molecule has 0 saturated heterocycles. The molecule has 0 aliphatic heterocycles. The van der Waals surface area contributed by atoms with Crippen LogP contribution < -0.4 is 5.32 Å². The second kappa shape index (κ2) is 16.9. The number of ether oxygens (including phenoxy) is 2. The van der Waals surface area contributed by atoms with E-state index in [9.17, 15) is 9.59 Å². The van der Waals surface area contributed by atoms with Crippen molar-refractivity contribution in [1.29, 1.82) is 0 Å². The number of halogens is 1. The lowest BCUT2D eigenvalue weighted by atomic mass is 9.84. The van der Waals surface area contributed by atoms with Crippen molar-refractivity contribution < 1.29 is 19.1 Å². The maximum absolute atomic E-state index is 12.6. The first-order valence-electron chi connectivity index (χ1n) is 11.3. The van der Waals surface area contributed by atoms with Gasteiger partial charge in [0.15, 0.2) is 0 Å². The van der Waals surface area contributed by atoms with Gasteiger partial charge in [-0.25, -0.2) is 9.59 Å². The van der Waals surface area contributed by atoms with E-state index in [1.165, 1.54) is 44.9 Å². The van der Waals surface area contributed by atoms with Gasteiger partial charge >= 0.3 is 12.1 Å². The minimum Gasteiger partial charge on any atom is -0.464 e. The fraction of sp³-hybridized carbons (Fsp3) is 0.909. The number of carbonyl (C=O) groups is 2. The zero-order valence-corrected chi connectivity index (χ0v) is 18.4. The van der Waals surface area contributed by atoms with Crippen molar-refractivity contribution in [3.8, 4) is 0 Å². The summed E-state index contributed by atoms with van der Waals surface area (Å²) in [7, 11) is 0. The van der Waals surface area contributed by atoms with Crippen LogP contribution in [0.1, 0.15) is 96.8 Å². The molecular formula is C22H40ClNO4. The van der Waals surface area contributed by atoms with Crippen LogP contribution in [0.25, 0.3) is 0 Å². The minimum atomic E-state index is -0.599. The topological polar surface area (TPSA) is 64.6 Å². The van der Waals surface area contributed by atoms with Gasteiger partial charge in [0.1, 0.15) is 6.04 Å². The van der Waals surface area contributed by atoms with Crippen molar-refractivity contribution in [2.75, 3.05) is 19.1 Å². The molecule has 0 radical (unpaired) electrons. The lowest BCUT2D eigenvalue weighted by Gasteiger charge is -2.29. The molecular weight excluding hydrogens is 378 g/mol. The number of alkyl carbamates (subject to hydrolysis) is 1. The minimum absolute atomic E-state index is 0.139. The summed E-state index contributed by atoms with van der Waals surface area (Å²) in [5, 5.41) is 2.75. The number of rotatable bonds is 15. The third kappa shape index (κ3) is 11.8. The highest BCUT2D eigenvalue weighted by Crippen LogP contribution is 2.27. The summed E-state index contributed by atoms with van der Waals surface area (Å²) in [4.78, 5) is 24.6. The van der Waals surface area contributed by atoms with E-state index in [1.54, 1.807) is 0 Å². The number of esters is 1. The van der Waals surface area contributed by atoms with Crippen LogP contribution in [0.2, 0.25) is 0 Å². The second-order valence-electron chi connectivity index (χ2n) is 7.84. The van der Waals surface area contributed by atoms with E-state index in [4.69, 9.17) is 21.1 Å². The Hall–Kier alpha value is -0.970. The Labute approximate surface area is 176 Å². The zero-order chi connectivity index (χ0) is 20.5. The normalized spacial score (nSPS) is 15.8. The molecule has 0 aromatic carbocycles. The van der Waals surface area contributed by atoms with Crippen LogP contribution in [0.3, 0.4) is 0 Å². The summed E-state index contributed by atoms with van der Waals surface area (Å²) in [5.74, 6) is 0.268. The molecule has 164 valence electrons. The number of hydrogen-bond donors (Lipinski definition) is 1. The van der Waals surface area contributed by atoms with Crippen LogP contribution >= 0.6 is 11.6 Å². The van der Waals surface area contributed by atoms with Gasteiger partial charge in [-0.05, 0) is 31.6 Å². The summed E-state index contributed by atoms with van der Waals surface area (Å²) in [6.45, 7) is 2.92. The van der Waals surface area contributed by atoms with Crippen LogP contribution in [0, 0.1) is 5.92 Å². The molecule has 0 spiro atoms. The highest BCUT2D eigenvalue weighted by Gasteiger charge is 2.32. The standard InChI is InChI=1S/C22H40ClNO4/c1-2-3-4-5-6-7-8-12-17-27-21(25)20(19-14-10-9-11-15-19)24-22(26)28-18-13-16-23/h19-20H,2-18H2,1H3,(H,24,26). The Kier molecular flexibility index (Phi) is 15.2. The number of carbonyl (C=O) groups excluding carboxylic acids is 2. The second-order valence-corrected chi connectivity index (χ2v) is 8.22. The van der Waals surface area contributed by atoms with E-state index < -0.39 is 12.1 Å². The predicted octanol–water partition coefficient (Wildman–Crippen LogP) is 5.97. The first kappa shape index (κ1) is 25.1. The summed E-state index contributed by atoms with van der Waals surface area (Å²) in [6.07, 6.45) is 14.9. The van der Waals surface area contributed by atoms with Crippen molar-refractivity contribution in [2.24, 2.45) is 5.92 Å². The quantitative estimate of drug-likeness (QED) is 0.202. The van der Waals surface area contributed by atoms with Crippen LogP contribution in [-0.4, -0.2) is 37.2 Å². The molecule has 0 aromatic rings. The Morgan fingerprint density at radius 2 is 1.50 bits per heavy atom. The largest absolute Gasteiger partial charge is 0.464 e. The average molecular weight is 418 g/mol. The molecule has 0 aromatic heterocycles. The molecule has 1 saturated carbocycles. The molecule has 1 aliphatic rings. The number of alkyl halides is 1. The van der Waals surface area contributed by atoms with Crippen molar-refractivity contribution in [2.45, 2.75) is 103 Å². The maximum atomic E-state index is 12.6. The summed E-state index contributed by atoms with van der Waals surface area (Å²) in [6, 6.07) is -0.599. The highest BCUT2D eigenvalue weighted by molar-refractivity contribution is 6.17. The third-order valence-electron chi connectivity index (χ3n) is 5.40. The van der Waals surface area contributed by atoms with Gasteiger partial charge in [-0.15, -0.1) is 11.6 Å². The smallest absolute Gasteiger partial charge is 0.407 e. The molecule has 1 atom stereocenters. The SMILES string of the molecule is CCCCCCCCCCOC(=O)C(NC(=O)OCCCCl)C1CCCCC1. The molecule has 5 nitrogen and oxygen atoms in total. The van der Waals surface area contributed by atoms with Gasteiger partial charge in [0, 0.05) is 5.88 Å². The molecule has 1 aliphatic carbocycles. The van der Waals surface area contributed by atoms with E-state index >= 15 is 0 Å². The van der Waals surface area contributed by atoms with E-state index in [-0.39, 0.29) is 18.5 Å². The molecule has 6 heteroatoms. The van der Waals surface area contributed by atoms with Gasteiger partial charge in [0.25, 0.3) is 0 Å². The Morgan fingerprint density at radius 1 is 0.893 bits per heavy atom. The lowest BCUT2D eigenvalue weighted by Crippen LogP contribution is -2.47. The molecule has 0 heterocycles. The first-order valence-corrected chi connectivity index (χ1v) is 11.9. The van der Waals surface area contributed by atoms with Crippen LogP contribution in [0.5, 0.6) is 0 Å². The number of nitrogens with one attached hydrogen (secondary N) is 1. The molecule has 1 unspecified atom stereocenters. The van der Waals surface area contributed by atoms with Crippen molar-refractivity contribution in [3.05, 3.63) is 0 Å². The van der Waals surface area contributed by atoms with E-state index in [1.807, 2.05) is 0 Å².